The molecule has 0 saturated carbocycles. The highest BCUT2D eigenvalue weighted by atomic mass is 79.9. The van der Waals surface area contributed by atoms with Gasteiger partial charge in [0.25, 0.3) is 0 Å². The highest BCUT2D eigenvalue weighted by Crippen LogP contribution is 2.33. The van der Waals surface area contributed by atoms with Crippen molar-refractivity contribution in [2.75, 3.05) is 30.8 Å². The van der Waals surface area contributed by atoms with Crippen LogP contribution in [-0.2, 0) is 23.9 Å². The molecule has 1 amide bonds. The third-order valence-corrected chi connectivity index (χ3v) is 6.20. The molecule has 1 fully saturated rings. The van der Waals surface area contributed by atoms with Crippen molar-refractivity contribution in [2.45, 2.75) is 38.9 Å². The van der Waals surface area contributed by atoms with Gasteiger partial charge in [-0.25, -0.2) is 4.98 Å². The second kappa shape index (κ2) is 9.97. The van der Waals surface area contributed by atoms with Crippen molar-refractivity contribution in [3.8, 4) is 5.75 Å². The molecule has 1 aromatic heterocycles. The molecule has 2 aromatic rings. The molecular formula is C22H26BrF3N4O2. The number of aromatic nitrogens is 1. The number of carbonyl (C=O) groups excluding carboxylic acids is 1. The van der Waals surface area contributed by atoms with Crippen LogP contribution in [0.4, 0.5) is 24.7 Å². The zero-order valence-electron chi connectivity index (χ0n) is 17.9. The van der Waals surface area contributed by atoms with Crippen LogP contribution in [0, 0.1) is 5.92 Å². The molecule has 1 aromatic carbocycles. The van der Waals surface area contributed by atoms with Gasteiger partial charge in [0.2, 0.25) is 5.91 Å². The number of benzene rings is 1. The Labute approximate surface area is 193 Å². The predicted octanol–water partition coefficient (Wildman–Crippen LogP) is 4.55. The van der Waals surface area contributed by atoms with E-state index in [1.54, 1.807) is 12.1 Å². The number of piperidine rings is 1. The lowest BCUT2D eigenvalue weighted by molar-refractivity contribution is -0.141. The summed E-state index contributed by atoms with van der Waals surface area (Å²) >= 11 is 3.34. The van der Waals surface area contributed by atoms with Crippen LogP contribution in [0.3, 0.4) is 0 Å². The molecule has 32 heavy (non-hydrogen) atoms. The van der Waals surface area contributed by atoms with E-state index in [1.165, 1.54) is 13.2 Å². The number of carbonyl (C=O) groups is 1. The van der Waals surface area contributed by atoms with E-state index in [9.17, 15) is 18.0 Å². The van der Waals surface area contributed by atoms with Crippen molar-refractivity contribution in [3.05, 3.63) is 45.6 Å². The van der Waals surface area contributed by atoms with Gasteiger partial charge >= 0.3 is 6.18 Å². The van der Waals surface area contributed by atoms with Crippen molar-refractivity contribution in [2.24, 2.45) is 5.92 Å². The van der Waals surface area contributed by atoms with Crippen LogP contribution < -0.4 is 20.7 Å². The molecule has 6 nitrogen and oxygen atoms in total. The number of anilines is 2. The van der Waals surface area contributed by atoms with Crippen molar-refractivity contribution in [1.29, 1.82) is 0 Å². The standard InChI is InChI=1S/C22H26BrF3N4O2/c1-13-5-7-30(8-6-13)21-15(3-4-18(29-21)22(24,25)26)12-28-19(31)11-14-9-16(23)20(27)17(10-14)32-2/h3-4,9-10,13H,5-8,11-12,27H2,1-2H3,(H,28,31). The molecule has 1 aliphatic heterocycles. The Morgan fingerprint density at radius 3 is 2.62 bits per heavy atom. The Morgan fingerprint density at radius 2 is 2.00 bits per heavy atom. The molecule has 3 N–H and O–H groups in total. The van der Waals surface area contributed by atoms with Gasteiger partial charge in [-0.2, -0.15) is 13.2 Å². The molecular weight excluding hydrogens is 489 g/mol. The van der Waals surface area contributed by atoms with Crippen LogP contribution in [0.1, 0.15) is 36.6 Å². The highest BCUT2D eigenvalue weighted by molar-refractivity contribution is 9.10. The molecule has 0 spiro atoms. The Hall–Kier alpha value is -2.49. The number of nitrogens with zero attached hydrogens (tertiary/aromatic N) is 2. The maximum absolute atomic E-state index is 13.2. The molecule has 1 saturated heterocycles. The van der Waals surface area contributed by atoms with Crippen molar-refractivity contribution in [3.63, 3.8) is 0 Å². The molecule has 0 unspecified atom stereocenters. The average molecular weight is 515 g/mol. The topological polar surface area (TPSA) is 80.5 Å². The van der Waals surface area contributed by atoms with Gasteiger partial charge in [-0.05, 0) is 58.5 Å². The number of rotatable bonds is 6. The summed E-state index contributed by atoms with van der Waals surface area (Å²) in [6, 6.07) is 5.77. The zero-order valence-corrected chi connectivity index (χ0v) is 19.5. The first-order valence-electron chi connectivity index (χ1n) is 10.3. The molecule has 1 aliphatic rings. The van der Waals surface area contributed by atoms with E-state index >= 15 is 0 Å². The summed E-state index contributed by atoms with van der Waals surface area (Å²) in [5, 5.41) is 2.79. The minimum Gasteiger partial charge on any atom is -0.495 e. The molecule has 0 bridgehead atoms. The van der Waals surface area contributed by atoms with Crippen molar-refractivity contribution < 1.29 is 22.7 Å². The monoisotopic (exact) mass is 514 g/mol. The van der Waals surface area contributed by atoms with Crippen LogP contribution in [0.2, 0.25) is 0 Å². The van der Waals surface area contributed by atoms with Gasteiger partial charge in [0, 0.05) is 29.7 Å². The predicted molar refractivity (Wildman–Crippen MR) is 121 cm³/mol. The van der Waals surface area contributed by atoms with E-state index in [0.717, 1.165) is 18.9 Å². The Morgan fingerprint density at radius 1 is 1.31 bits per heavy atom. The van der Waals surface area contributed by atoms with Gasteiger partial charge in [0.1, 0.15) is 17.3 Å². The van der Waals surface area contributed by atoms with E-state index in [2.05, 4.69) is 33.2 Å². The number of methoxy groups -OCH3 is 1. The van der Waals surface area contributed by atoms with E-state index in [0.29, 0.717) is 46.0 Å². The molecule has 0 aliphatic carbocycles. The minimum absolute atomic E-state index is 0.0693. The summed E-state index contributed by atoms with van der Waals surface area (Å²) in [6.07, 6.45) is -2.68. The molecule has 10 heteroatoms. The lowest BCUT2D eigenvalue weighted by atomic mass is 9.99. The number of hydrogen-bond acceptors (Lipinski definition) is 5. The number of nitrogen functional groups attached to an aromatic ring is 1. The fourth-order valence-corrected chi connectivity index (χ4v) is 4.12. The number of pyridine rings is 1. The van der Waals surface area contributed by atoms with Crippen molar-refractivity contribution >= 4 is 33.3 Å². The van der Waals surface area contributed by atoms with Gasteiger partial charge in [-0.3, -0.25) is 4.79 Å². The van der Waals surface area contributed by atoms with Crippen LogP contribution in [0.5, 0.6) is 5.75 Å². The Balaban J connectivity index is 1.75. The molecule has 0 radical (unpaired) electrons. The van der Waals surface area contributed by atoms with Crippen LogP contribution in [0.15, 0.2) is 28.7 Å². The fourth-order valence-electron chi connectivity index (χ4n) is 3.63. The number of hydrogen-bond donors (Lipinski definition) is 2. The number of amides is 1. The summed E-state index contributed by atoms with van der Waals surface area (Å²) in [5.41, 5.74) is 6.65. The number of alkyl halides is 3. The SMILES string of the molecule is COc1cc(CC(=O)NCc2ccc(C(F)(F)F)nc2N2CCC(C)CC2)cc(Br)c1N. The molecule has 2 heterocycles. The minimum atomic E-state index is -4.53. The summed E-state index contributed by atoms with van der Waals surface area (Å²) in [5.74, 6) is 0.984. The van der Waals surface area contributed by atoms with Gasteiger partial charge in [0.15, 0.2) is 0 Å². The van der Waals surface area contributed by atoms with Crippen LogP contribution in [-0.4, -0.2) is 31.1 Å². The number of nitrogens with two attached hydrogens (primary N) is 1. The number of nitrogens with one attached hydrogen (secondary N) is 1. The third-order valence-electron chi connectivity index (χ3n) is 5.54. The van der Waals surface area contributed by atoms with E-state index < -0.39 is 11.9 Å². The van der Waals surface area contributed by atoms with Crippen molar-refractivity contribution in [1.82, 2.24) is 10.3 Å². The smallest absolute Gasteiger partial charge is 0.433 e. The van der Waals surface area contributed by atoms with E-state index in [1.807, 2.05) is 4.90 Å². The largest absolute Gasteiger partial charge is 0.495 e. The normalized spacial score (nSPS) is 15.0. The quantitative estimate of drug-likeness (QED) is 0.552. The second-order valence-electron chi connectivity index (χ2n) is 7.99. The first-order valence-corrected chi connectivity index (χ1v) is 11.1. The maximum atomic E-state index is 13.2. The fraction of sp³-hybridized carbons (Fsp3) is 0.455. The zero-order chi connectivity index (χ0) is 23.5. The van der Waals surface area contributed by atoms with Gasteiger partial charge < -0.3 is 20.7 Å². The Kier molecular flexibility index (Phi) is 7.53. The molecule has 3 rings (SSSR count). The number of ether oxygens (including phenoxy) is 1. The van der Waals surface area contributed by atoms with Crippen LogP contribution in [0.25, 0.3) is 0 Å². The lowest BCUT2D eigenvalue weighted by Gasteiger charge is -2.33. The summed E-state index contributed by atoms with van der Waals surface area (Å²) in [4.78, 5) is 18.3. The summed E-state index contributed by atoms with van der Waals surface area (Å²) in [7, 11) is 1.49. The number of halogens is 4. The Bertz CT molecular complexity index is 976. The van der Waals surface area contributed by atoms with E-state index in [4.69, 9.17) is 10.5 Å². The lowest BCUT2D eigenvalue weighted by Crippen LogP contribution is -2.35. The van der Waals surface area contributed by atoms with Crippen LogP contribution >= 0.6 is 15.9 Å². The van der Waals surface area contributed by atoms with E-state index in [-0.39, 0.29) is 24.7 Å². The summed E-state index contributed by atoms with van der Waals surface area (Å²) < 4.78 is 45.5. The first kappa shape index (κ1) is 24.2. The molecule has 0 atom stereocenters. The highest BCUT2D eigenvalue weighted by Gasteiger charge is 2.34. The van der Waals surface area contributed by atoms with Gasteiger partial charge in [-0.1, -0.05) is 13.0 Å². The average Bonchev–Trinajstić information content (AvgIpc) is 2.74. The maximum Gasteiger partial charge on any atom is 0.433 e. The van der Waals surface area contributed by atoms with Gasteiger partial charge in [0.05, 0.1) is 19.2 Å². The van der Waals surface area contributed by atoms with Gasteiger partial charge in [-0.15, -0.1) is 0 Å². The second-order valence-corrected chi connectivity index (χ2v) is 8.85. The first-order chi connectivity index (χ1) is 15.1. The summed E-state index contributed by atoms with van der Waals surface area (Å²) in [6.45, 7) is 3.48. The molecule has 174 valence electrons. The third kappa shape index (κ3) is 5.85.